The van der Waals surface area contributed by atoms with Gasteiger partial charge >= 0.3 is 0 Å². The Balaban J connectivity index is 1.79. The smallest absolute Gasteiger partial charge is 0.231 e. The number of hydrogen-bond acceptors (Lipinski definition) is 5. The van der Waals surface area contributed by atoms with Crippen LogP contribution in [0, 0.1) is 19.8 Å². The lowest BCUT2D eigenvalue weighted by Gasteiger charge is -2.21. The SMILES string of the molecule is Cc1cc(NCCC(C)CCNS(=O)(=O)C(C)(C)C)c(C)c2c1OCO2. The maximum absolute atomic E-state index is 12.0. The summed E-state index contributed by atoms with van der Waals surface area (Å²) in [5, 5.41) is 3.47. The third-order valence-corrected chi connectivity index (χ3v) is 6.96. The quantitative estimate of drug-likeness (QED) is 0.716. The molecule has 1 aromatic rings. The number of benzene rings is 1. The van der Waals surface area contributed by atoms with Crippen molar-refractivity contribution in [2.75, 3.05) is 25.2 Å². The molecule has 1 aromatic carbocycles. The molecule has 2 rings (SSSR count). The van der Waals surface area contributed by atoms with Crippen LogP contribution < -0.4 is 19.5 Å². The number of rotatable bonds is 8. The second-order valence-corrected chi connectivity index (χ2v) is 10.6. The van der Waals surface area contributed by atoms with Gasteiger partial charge in [0.1, 0.15) is 0 Å². The number of hydrogen-bond donors (Lipinski definition) is 2. The Labute approximate surface area is 157 Å². The number of aryl methyl sites for hydroxylation is 1. The van der Waals surface area contributed by atoms with Crippen molar-refractivity contribution in [3.63, 3.8) is 0 Å². The fraction of sp³-hybridized carbons (Fsp3) is 0.684. The first-order chi connectivity index (χ1) is 12.0. The molecule has 1 atom stereocenters. The van der Waals surface area contributed by atoms with Crippen LogP contribution in [0.15, 0.2) is 6.07 Å². The first kappa shape index (κ1) is 20.8. The van der Waals surface area contributed by atoms with Crippen molar-refractivity contribution in [2.24, 2.45) is 5.92 Å². The highest BCUT2D eigenvalue weighted by atomic mass is 32.2. The molecule has 1 aliphatic rings. The lowest BCUT2D eigenvalue weighted by atomic mass is 10.0. The van der Waals surface area contributed by atoms with Crippen molar-refractivity contribution >= 4 is 15.7 Å². The summed E-state index contributed by atoms with van der Waals surface area (Å²) >= 11 is 0. The van der Waals surface area contributed by atoms with E-state index in [-0.39, 0.29) is 6.79 Å². The molecule has 7 heteroatoms. The predicted molar refractivity (Wildman–Crippen MR) is 106 cm³/mol. The Kier molecular flexibility index (Phi) is 6.45. The molecule has 0 bridgehead atoms. The van der Waals surface area contributed by atoms with Gasteiger partial charge in [-0.1, -0.05) is 6.92 Å². The van der Waals surface area contributed by atoms with E-state index in [1.54, 1.807) is 20.8 Å². The van der Waals surface area contributed by atoms with Crippen molar-refractivity contribution in [3.8, 4) is 11.5 Å². The largest absolute Gasteiger partial charge is 0.453 e. The summed E-state index contributed by atoms with van der Waals surface area (Å²) in [6, 6.07) is 2.09. The second-order valence-electron chi connectivity index (χ2n) is 8.05. The maximum atomic E-state index is 12.0. The van der Waals surface area contributed by atoms with E-state index in [1.807, 2.05) is 13.8 Å². The fourth-order valence-corrected chi connectivity index (χ4v) is 3.62. The van der Waals surface area contributed by atoms with Crippen molar-refractivity contribution < 1.29 is 17.9 Å². The highest BCUT2D eigenvalue weighted by Gasteiger charge is 2.28. The van der Waals surface area contributed by atoms with Crippen molar-refractivity contribution in [1.82, 2.24) is 4.72 Å². The van der Waals surface area contributed by atoms with E-state index in [0.29, 0.717) is 12.5 Å². The van der Waals surface area contributed by atoms with Gasteiger partial charge in [0, 0.05) is 24.3 Å². The molecular weight excluding hydrogens is 352 g/mol. The van der Waals surface area contributed by atoms with Gasteiger partial charge in [-0.2, -0.15) is 0 Å². The molecule has 0 saturated carbocycles. The monoisotopic (exact) mass is 384 g/mol. The standard InChI is InChI=1S/C19H32N2O4S/c1-13(8-10-21-26(22,23)19(4,5)6)7-9-20-16-11-14(2)17-18(15(16)3)25-12-24-17/h11,13,20-21H,7-10,12H2,1-6H3. The first-order valence-corrected chi connectivity index (χ1v) is 10.6. The van der Waals surface area contributed by atoms with Gasteiger partial charge in [0.2, 0.25) is 16.8 Å². The molecule has 1 heterocycles. The van der Waals surface area contributed by atoms with E-state index in [9.17, 15) is 8.42 Å². The second kappa shape index (κ2) is 8.05. The predicted octanol–water partition coefficient (Wildman–Crippen LogP) is 3.58. The molecule has 0 fully saturated rings. The Morgan fingerprint density at radius 1 is 1.12 bits per heavy atom. The molecular formula is C19H32N2O4S. The van der Waals surface area contributed by atoms with Crippen LogP contribution in [0.2, 0.25) is 0 Å². The van der Waals surface area contributed by atoms with E-state index in [2.05, 4.69) is 23.0 Å². The first-order valence-electron chi connectivity index (χ1n) is 9.16. The zero-order valence-corrected chi connectivity index (χ0v) is 17.5. The summed E-state index contributed by atoms with van der Waals surface area (Å²) in [6.07, 6.45) is 1.78. The number of nitrogens with one attached hydrogen (secondary N) is 2. The Morgan fingerprint density at radius 2 is 1.73 bits per heavy atom. The van der Waals surface area contributed by atoms with Crippen LogP contribution in [-0.4, -0.2) is 33.0 Å². The van der Waals surface area contributed by atoms with Crippen molar-refractivity contribution in [3.05, 3.63) is 17.2 Å². The van der Waals surface area contributed by atoms with Gasteiger partial charge in [0.15, 0.2) is 11.5 Å². The molecule has 0 aliphatic carbocycles. The molecule has 0 amide bonds. The summed E-state index contributed by atoms with van der Waals surface area (Å²) in [5.74, 6) is 2.09. The van der Waals surface area contributed by atoms with Gasteiger partial charge in [-0.25, -0.2) is 13.1 Å². The summed E-state index contributed by atoms with van der Waals surface area (Å²) in [6.45, 7) is 12.9. The lowest BCUT2D eigenvalue weighted by molar-refractivity contribution is 0.173. The van der Waals surface area contributed by atoms with Crippen LogP contribution in [0.1, 0.15) is 51.7 Å². The van der Waals surface area contributed by atoms with Crippen LogP contribution in [-0.2, 0) is 10.0 Å². The average Bonchev–Trinajstić information content (AvgIpc) is 3.01. The topological polar surface area (TPSA) is 76.7 Å². The molecule has 1 unspecified atom stereocenters. The Bertz CT molecular complexity index is 739. The highest BCUT2D eigenvalue weighted by Crippen LogP contribution is 2.42. The minimum Gasteiger partial charge on any atom is -0.453 e. The lowest BCUT2D eigenvalue weighted by Crippen LogP contribution is -2.40. The van der Waals surface area contributed by atoms with E-state index in [1.165, 1.54) is 0 Å². The van der Waals surface area contributed by atoms with Crippen LogP contribution in [0.4, 0.5) is 5.69 Å². The summed E-state index contributed by atoms with van der Waals surface area (Å²) in [5.41, 5.74) is 3.19. The van der Waals surface area contributed by atoms with E-state index < -0.39 is 14.8 Å². The van der Waals surface area contributed by atoms with Gasteiger partial charge in [0.25, 0.3) is 0 Å². The summed E-state index contributed by atoms with van der Waals surface area (Å²) < 4.78 is 37.1. The van der Waals surface area contributed by atoms with Crippen LogP contribution in [0.3, 0.4) is 0 Å². The van der Waals surface area contributed by atoms with Crippen LogP contribution in [0.25, 0.3) is 0 Å². The molecule has 2 N–H and O–H groups in total. The average molecular weight is 385 g/mol. The Morgan fingerprint density at radius 3 is 2.38 bits per heavy atom. The third-order valence-electron chi connectivity index (χ3n) is 4.76. The molecule has 0 aromatic heterocycles. The molecule has 26 heavy (non-hydrogen) atoms. The van der Waals surface area contributed by atoms with Crippen molar-refractivity contribution in [2.45, 2.75) is 59.1 Å². The molecule has 1 aliphatic heterocycles. The van der Waals surface area contributed by atoms with Crippen LogP contribution >= 0.6 is 0 Å². The number of fused-ring (bicyclic) bond motifs is 1. The van der Waals surface area contributed by atoms with Crippen molar-refractivity contribution in [1.29, 1.82) is 0 Å². The van der Waals surface area contributed by atoms with E-state index in [0.717, 1.165) is 47.7 Å². The molecule has 0 radical (unpaired) electrons. The normalized spacial score (nSPS) is 15.2. The summed E-state index contributed by atoms with van der Waals surface area (Å²) in [4.78, 5) is 0. The number of ether oxygens (including phenoxy) is 2. The number of anilines is 1. The molecule has 0 saturated heterocycles. The fourth-order valence-electron chi connectivity index (χ4n) is 2.80. The Hall–Kier alpha value is -1.47. The van der Waals surface area contributed by atoms with E-state index in [4.69, 9.17) is 9.47 Å². The highest BCUT2D eigenvalue weighted by molar-refractivity contribution is 7.90. The third kappa shape index (κ3) is 4.82. The molecule has 0 spiro atoms. The van der Waals surface area contributed by atoms with Crippen LogP contribution in [0.5, 0.6) is 11.5 Å². The molecule has 6 nitrogen and oxygen atoms in total. The zero-order valence-electron chi connectivity index (χ0n) is 16.7. The van der Waals surface area contributed by atoms with Gasteiger partial charge in [-0.05, 0) is 65.0 Å². The summed E-state index contributed by atoms with van der Waals surface area (Å²) in [7, 11) is -3.26. The van der Waals surface area contributed by atoms with Gasteiger partial charge < -0.3 is 14.8 Å². The van der Waals surface area contributed by atoms with E-state index >= 15 is 0 Å². The molecule has 148 valence electrons. The zero-order chi connectivity index (χ0) is 19.5. The van der Waals surface area contributed by atoms with Gasteiger partial charge in [-0.3, -0.25) is 0 Å². The minimum absolute atomic E-state index is 0.280. The minimum atomic E-state index is -3.26. The number of sulfonamides is 1. The van der Waals surface area contributed by atoms with Gasteiger partial charge in [-0.15, -0.1) is 0 Å². The van der Waals surface area contributed by atoms with Gasteiger partial charge in [0.05, 0.1) is 4.75 Å². The maximum Gasteiger partial charge on any atom is 0.231 e.